The number of aryl methyl sites for hydroxylation is 1. The smallest absolute Gasteiger partial charge is 0.227 e. The molecule has 0 N–H and O–H groups in total. The lowest BCUT2D eigenvalue weighted by atomic mass is 10.0. The first-order valence-electron chi connectivity index (χ1n) is 7.59. The largest absolute Gasteiger partial charge is 0.496 e. The summed E-state index contributed by atoms with van der Waals surface area (Å²) in [6.07, 6.45) is 6.07. The Morgan fingerprint density at radius 3 is 2.95 bits per heavy atom. The van der Waals surface area contributed by atoms with Gasteiger partial charge in [0.05, 0.1) is 25.8 Å². The van der Waals surface area contributed by atoms with Gasteiger partial charge < -0.3 is 9.64 Å². The standard InChI is InChI=1S/C17H21N3O2/c1-19-12-13(11-18-19)10-17(21)20-9-5-7-15(20)14-6-3-4-8-16(14)22-2/h3-4,6,8,11-12,15H,5,7,9-10H2,1-2H3/t15-/m0/s1. The van der Waals surface area contributed by atoms with Crippen molar-refractivity contribution in [2.45, 2.75) is 25.3 Å². The highest BCUT2D eigenvalue weighted by Gasteiger charge is 2.31. The van der Waals surface area contributed by atoms with Gasteiger partial charge in [0.1, 0.15) is 5.75 Å². The van der Waals surface area contributed by atoms with Crippen LogP contribution in [0.3, 0.4) is 0 Å². The van der Waals surface area contributed by atoms with Gasteiger partial charge >= 0.3 is 0 Å². The van der Waals surface area contributed by atoms with Gasteiger partial charge in [-0.25, -0.2) is 0 Å². The highest BCUT2D eigenvalue weighted by molar-refractivity contribution is 5.79. The van der Waals surface area contributed by atoms with E-state index in [1.165, 1.54) is 0 Å². The van der Waals surface area contributed by atoms with E-state index in [1.54, 1.807) is 18.0 Å². The summed E-state index contributed by atoms with van der Waals surface area (Å²) in [4.78, 5) is 14.6. The molecule has 1 amide bonds. The summed E-state index contributed by atoms with van der Waals surface area (Å²) in [6.45, 7) is 0.807. The predicted molar refractivity (Wildman–Crippen MR) is 83.6 cm³/mol. The number of rotatable bonds is 4. The van der Waals surface area contributed by atoms with Crippen molar-refractivity contribution in [3.05, 3.63) is 47.8 Å². The molecule has 116 valence electrons. The molecule has 5 heteroatoms. The molecule has 0 radical (unpaired) electrons. The number of ether oxygens (including phenoxy) is 1. The molecule has 1 fully saturated rings. The second-order valence-electron chi connectivity index (χ2n) is 5.69. The van der Waals surface area contributed by atoms with Crippen LogP contribution >= 0.6 is 0 Å². The van der Waals surface area contributed by atoms with Crippen LogP contribution in [-0.4, -0.2) is 34.2 Å². The van der Waals surface area contributed by atoms with Crippen LogP contribution in [-0.2, 0) is 18.3 Å². The molecule has 1 aromatic heterocycles. The van der Waals surface area contributed by atoms with Crippen molar-refractivity contribution in [2.24, 2.45) is 7.05 Å². The second kappa shape index (κ2) is 6.22. The van der Waals surface area contributed by atoms with Crippen molar-refractivity contribution in [3.63, 3.8) is 0 Å². The van der Waals surface area contributed by atoms with Gasteiger partial charge in [-0.15, -0.1) is 0 Å². The summed E-state index contributed by atoms with van der Waals surface area (Å²) < 4.78 is 7.18. The second-order valence-corrected chi connectivity index (χ2v) is 5.69. The third kappa shape index (κ3) is 2.84. The quantitative estimate of drug-likeness (QED) is 0.870. The van der Waals surface area contributed by atoms with Crippen molar-refractivity contribution >= 4 is 5.91 Å². The van der Waals surface area contributed by atoms with Crippen LogP contribution in [0.1, 0.15) is 30.0 Å². The molecule has 1 saturated heterocycles. The molecular formula is C17H21N3O2. The molecule has 2 aromatic rings. The lowest BCUT2D eigenvalue weighted by Crippen LogP contribution is -2.31. The lowest BCUT2D eigenvalue weighted by Gasteiger charge is -2.26. The number of likely N-dealkylation sites (tertiary alicyclic amines) is 1. The summed E-state index contributed by atoms with van der Waals surface area (Å²) >= 11 is 0. The first-order valence-corrected chi connectivity index (χ1v) is 7.59. The molecule has 0 bridgehead atoms. The number of benzene rings is 1. The van der Waals surface area contributed by atoms with Gasteiger partial charge in [0.25, 0.3) is 0 Å². The number of nitrogens with zero attached hydrogens (tertiary/aromatic N) is 3. The number of para-hydroxylation sites is 1. The van der Waals surface area contributed by atoms with Gasteiger partial charge in [0, 0.05) is 25.4 Å². The number of hydrogen-bond donors (Lipinski definition) is 0. The van der Waals surface area contributed by atoms with Crippen LogP contribution in [0, 0.1) is 0 Å². The summed E-state index contributed by atoms with van der Waals surface area (Å²) in [5, 5.41) is 4.13. The molecule has 1 atom stereocenters. The van der Waals surface area contributed by atoms with Crippen molar-refractivity contribution in [2.75, 3.05) is 13.7 Å². The van der Waals surface area contributed by atoms with E-state index in [2.05, 4.69) is 11.2 Å². The van der Waals surface area contributed by atoms with E-state index in [4.69, 9.17) is 4.74 Å². The molecule has 0 saturated carbocycles. The average Bonchev–Trinajstić information content (AvgIpc) is 3.16. The normalized spacial score (nSPS) is 17.7. The maximum absolute atomic E-state index is 12.7. The molecule has 1 aliphatic heterocycles. The molecule has 3 rings (SSSR count). The van der Waals surface area contributed by atoms with E-state index >= 15 is 0 Å². The SMILES string of the molecule is COc1ccccc1[C@@H]1CCCN1C(=O)Cc1cnn(C)c1. The fourth-order valence-corrected chi connectivity index (χ4v) is 3.17. The minimum absolute atomic E-state index is 0.111. The zero-order chi connectivity index (χ0) is 15.5. The van der Waals surface area contributed by atoms with Crippen molar-refractivity contribution in [1.29, 1.82) is 0 Å². The van der Waals surface area contributed by atoms with Crippen LogP contribution in [0.4, 0.5) is 0 Å². The number of carbonyl (C=O) groups excluding carboxylic acids is 1. The third-order valence-corrected chi connectivity index (χ3v) is 4.18. The topological polar surface area (TPSA) is 47.4 Å². The molecule has 0 aliphatic carbocycles. The van der Waals surface area contributed by atoms with Crippen LogP contribution in [0.2, 0.25) is 0 Å². The Balaban J connectivity index is 1.79. The zero-order valence-electron chi connectivity index (χ0n) is 13.0. The Morgan fingerprint density at radius 2 is 2.23 bits per heavy atom. The molecule has 1 aliphatic rings. The molecule has 22 heavy (non-hydrogen) atoms. The van der Waals surface area contributed by atoms with Gasteiger partial charge in [-0.05, 0) is 24.5 Å². The number of hydrogen-bond acceptors (Lipinski definition) is 3. The Kier molecular flexibility index (Phi) is 4.13. The number of methoxy groups -OCH3 is 1. The van der Waals surface area contributed by atoms with E-state index in [1.807, 2.05) is 36.3 Å². The van der Waals surface area contributed by atoms with E-state index in [9.17, 15) is 4.79 Å². The first-order chi connectivity index (χ1) is 10.7. The molecular weight excluding hydrogens is 278 g/mol. The zero-order valence-corrected chi connectivity index (χ0v) is 13.0. The van der Waals surface area contributed by atoms with Crippen LogP contribution < -0.4 is 4.74 Å². The number of carbonyl (C=O) groups is 1. The minimum atomic E-state index is 0.111. The van der Waals surface area contributed by atoms with Crippen LogP contribution in [0.15, 0.2) is 36.7 Å². The Morgan fingerprint density at radius 1 is 1.41 bits per heavy atom. The van der Waals surface area contributed by atoms with Crippen LogP contribution in [0.5, 0.6) is 5.75 Å². The highest BCUT2D eigenvalue weighted by Crippen LogP contribution is 2.37. The Labute approximate surface area is 130 Å². The fourth-order valence-electron chi connectivity index (χ4n) is 3.17. The predicted octanol–water partition coefficient (Wildman–Crippen LogP) is 2.33. The lowest BCUT2D eigenvalue weighted by molar-refractivity contribution is -0.131. The van der Waals surface area contributed by atoms with E-state index < -0.39 is 0 Å². The molecule has 2 heterocycles. The van der Waals surface area contributed by atoms with E-state index in [0.717, 1.165) is 36.3 Å². The maximum Gasteiger partial charge on any atom is 0.227 e. The van der Waals surface area contributed by atoms with Crippen molar-refractivity contribution in [3.8, 4) is 5.75 Å². The van der Waals surface area contributed by atoms with E-state index in [-0.39, 0.29) is 11.9 Å². The summed E-state index contributed by atoms with van der Waals surface area (Å²) in [5.41, 5.74) is 2.06. The fraction of sp³-hybridized carbons (Fsp3) is 0.412. The monoisotopic (exact) mass is 299 g/mol. The van der Waals surface area contributed by atoms with Gasteiger partial charge in [-0.2, -0.15) is 5.10 Å². The molecule has 0 spiro atoms. The van der Waals surface area contributed by atoms with Gasteiger partial charge in [0.2, 0.25) is 5.91 Å². The summed E-state index contributed by atoms with van der Waals surface area (Å²) in [7, 11) is 3.54. The van der Waals surface area contributed by atoms with Crippen LogP contribution in [0.25, 0.3) is 0 Å². The summed E-state index contributed by atoms with van der Waals surface area (Å²) in [6, 6.07) is 8.08. The Bertz CT molecular complexity index is 665. The third-order valence-electron chi connectivity index (χ3n) is 4.18. The minimum Gasteiger partial charge on any atom is -0.496 e. The highest BCUT2D eigenvalue weighted by atomic mass is 16.5. The number of amides is 1. The van der Waals surface area contributed by atoms with Gasteiger partial charge in [-0.3, -0.25) is 9.48 Å². The number of aromatic nitrogens is 2. The maximum atomic E-state index is 12.7. The van der Waals surface area contributed by atoms with Gasteiger partial charge in [0.15, 0.2) is 0 Å². The van der Waals surface area contributed by atoms with Gasteiger partial charge in [-0.1, -0.05) is 18.2 Å². The van der Waals surface area contributed by atoms with Crippen molar-refractivity contribution in [1.82, 2.24) is 14.7 Å². The molecule has 0 unspecified atom stereocenters. The summed E-state index contributed by atoms with van der Waals surface area (Å²) in [5.74, 6) is 1.01. The first kappa shape index (κ1) is 14.6. The average molecular weight is 299 g/mol. The molecule has 1 aromatic carbocycles. The van der Waals surface area contributed by atoms with E-state index in [0.29, 0.717) is 6.42 Å². The van der Waals surface area contributed by atoms with Crippen molar-refractivity contribution < 1.29 is 9.53 Å². The Hall–Kier alpha value is -2.30. The molecule has 5 nitrogen and oxygen atoms in total.